The summed E-state index contributed by atoms with van der Waals surface area (Å²) in [7, 11) is 6.25. The number of nitrogens with one attached hydrogen (secondary N) is 1. The van der Waals surface area contributed by atoms with Crippen molar-refractivity contribution in [1.29, 1.82) is 0 Å². The highest BCUT2D eigenvalue weighted by Crippen LogP contribution is 2.18. The van der Waals surface area contributed by atoms with E-state index in [2.05, 4.69) is 28.1 Å². The summed E-state index contributed by atoms with van der Waals surface area (Å²) in [5.41, 5.74) is -0.00973. The zero-order valence-corrected chi connectivity index (χ0v) is 17.5. The molecule has 27 heavy (non-hydrogen) atoms. The van der Waals surface area contributed by atoms with Crippen LogP contribution < -0.4 is 10.0 Å². The number of hydrogen-bond acceptors (Lipinski definition) is 3. The molecule has 0 unspecified atom stereocenters. The summed E-state index contributed by atoms with van der Waals surface area (Å²) in [6.45, 7) is 2.21. The number of carboxylic acids is 1. The highest BCUT2D eigenvalue weighted by molar-refractivity contribution is 5.99. The van der Waals surface area contributed by atoms with Crippen LogP contribution in [0, 0.1) is 0 Å². The third kappa shape index (κ3) is 13.0. The molecule has 0 amide bonds. The lowest BCUT2D eigenvalue weighted by atomic mass is 10.0. The highest BCUT2D eigenvalue weighted by Gasteiger charge is 2.10. The summed E-state index contributed by atoms with van der Waals surface area (Å²) in [4.78, 5) is 24.4. The fourth-order valence-electron chi connectivity index (χ4n) is 2.61. The molecule has 0 aliphatic rings. The molecular weight excluding hydrogens is 342 g/mol. The van der Waals surface area contributed by atoms with E-state index in [1.807, 2.05) is 0 Å². The normalized spacial score (nSPS) is 10.4. The molecule has 5 heteroatoms. The SMILES string of the molecule is CCCCCCCCCCCC(=O)c1ccc([O-])c(C(=O)O)c1.C[NH+](C)C. The van der Waals surface area contributed by atoms with Crippen molar-refractivity contribution in [3.8, 4) is 5.75 Å². The molecule has 1 rings (SSSR count). The van der Waals surface area contributed by atoms with E-state index in [1.165, 1.54) is 55.6 Å². The van der Waals surface area contributed by atoms with Gasteiger partial charge in [-0.05, 0) is 12.5 Å². The van der Waals surface area contributed by atoms with E-state index >= 15 is 0 Å². The van der Waals surface area contributed by atoms with E-state index in [0.29, 0.717) is 12.0 Å². The predicted molar refractivity (Wildman–Crippen MR) is 108 cm³/mol. The zero-order valence-electron chi connectivity index (χ0n) is 17.5. The van der Waals surface area contributed by atoms with Gasteiger partial charge in [-0.1, -0.05) is 76.2 Å². The maximum atomic E-state index is 12.0. The molecule has 0 saturated carbocycles. The molecule has 0 radical (unpaired) electrons. The molecule has 0 aromatic heterocycles. The van der Waals surface area contributed by atoms with Crippen LogP contribution in [0.2, 0.25) is 0 Å². The number of carbonyl (C=O) groups is 2. The Morgan fingerprint density at radius 3 is 1.89 bits per heavy atom. The fraction of sp³-hybridized carbons (Fsp3) is 0.636. The standard InChI is InChI=1S/C19H28O4.C3H9N/c1-2-3-4-5-6-7-8-9-10-11-17(20)15-12-13-18(21)16(14-15)19(22)23;1-4(2)3/h12-14,21H,2-11H2,1H3,(H,22,23);1-3H3. The molecule has 1 aromatic carbocycles. The summed E-state index contributed by atoms with van der Waals surface area (Å²) in [5.74, 6) is -1.93. The molecular formula is C22H37NO4. The molecule has 0 bridgehead atoms. The zero-order chi connectivity index (χ0) is 20.7. The van der Waals surface area contributed by atoms with Crippen molar-refractivity contribution < 1.29 is 24.7 Å². The van der Waals surface area contributed by atoms with Crippen molar-refractivity contribution in [2.24, 2.45) is 0 Å². The van der Waals surface area contributed by atoms with Crippen LogP contribution in [0.1, 0.15) is 91.8 Å². The van der Waals surface area contributed by atoms with E-state index in [4.69, 9.17) is 5.11 Å². The molecule has 1 aromatic rings. The quantitative estimate of drug-likeness (QED) is 0.431. The Kier molecular flexibility index (Phi) is 14.1. The van der Waals surface area contributed by atoms with Crippen LogP contribution in [0.15, 0.2) is 18.2 Å². The topological polar surface area (TPSA) is 81.9 Å². The van der Waals surface area contributed by atoms with Gasteiger partial charge >= 0.3 is 5.97 Å². The molecule has 0 fully saturated rings. The lowest BCUT2D eigenvalue weighted by Gasteiger charge is -2.11. The lowest BCUT2D eigenvalue weighted by molar-refractivity contribution is -0.836. The summed E-state index contributed by atoms with van der Waals surface area (Å²) >= 11 is 0. The van der Waals surface area contributed by atoms with E-state index in [9.17, 15) is 14.7 Å². The van der Waals surface area contributed by atoms with Gasteiger partial charge in [0.1, 0.15) is 0 Å². The number of benzene rings is 1. The Morgan fingerprint density at radius 2 is 1.41 bits per heavy atom. The third-order valence-corrected chi connectivity index (χ3v) is 4.04. The summed E-state index contributed by atoms with van der Waals surface area (Å²) in [6.07, 6.45) is 11.1. The van der Waals surface area contributed by atoms with Crippen molar-refractivity contribution in [3.05, 3.63) is 29.3 Å². The Bertz CT molecular complexity index is 552. The van der Waals surface area contributed by atoms with Crippen LogP contribution in [-0.2, 0) is 0 Å². The number of carbonyl (C=O) groups excluding carboxylic acids is 1. The van der Waals surface area contributed by atoms with Gasteiger partial charge in [-0.3, -0.25) is 4.79 Å². The van der Waals surface area contributed by atoms with Crippen LogP contribution in [-0.4, -0.2) is 38.0 Å². The summed E-state index contributed by atoms with van der Waals surface area (Å²) < 4.78 is 0. The van der Waals surface area contributed by atoms with Crippen LogP contribution in [0.5, 0.6) is 5.75 Å². The maximum absolute atomic E-state index is 12.0. The molecule has 2 N–H and O–H groups in total. The first-order valence-corrected chi connectivity index (χ1v) is 10.1. The van der Waals surface area contributed by atoms with Crippen molar-refractivity contribution in [1.82, 2.24) is 0 Å². The second-order valence-electron chi connectivity index (χ2n) is 7.52. The van der Waals surface area contributed by atoms with E-state index in [0.717, 1.165) is 25.3 Å². The van der Waals surface area contributed by atoms with Gasteiger partial charge in [0, 0.05) is 12.0 Å². The number of unbranched alkanes of at least 4 members (excludes halogenated alkanes) is 8. The monoisotopic (exact) mass is 379 g/mol. The van der Waals surface area contributed by atoms with Gasteiger partial charge in [0.2, 0.25) is 0 Å². The third-order valence-electron chi connectivity index (χ3n) is 4.04. The number of rotatable bonds is 12. The average Bonchev–Trinajstić information content (AvgIpc) is 2.59. The molecule has 154 valence electrons. The van der Waals surface area contributed by atoms with Gasteiger partial charge in [-0.2, -0.15) is 0 Å². The Morgan fingerprint density at radius 1 is 0.926 bits per heavy atom. The van der Waals surface area contributed by atoms with Crippen molar-refractivity contribution in [3.63, 3.8) is 0 Å². The van der Waals surface area contributed by atoms with Gasteiger partial charge < -0.3 is 15.1 Å². The highest BCUT2D eigenvalue weighted by atomic mass is 16.4. The van der Waals surface area contributed by atoms with Crippen molar-refractivity contribution in [2.45, 2.75) is 71.1 Å². The van der Waals surface area contributed by atoms with E-state index in [-0.39, 0.29) is 11.3 Å². The first kappa shape index (κ1) is 25.1. The second-order valence-corrected chi connectivity index (χ2v) is 7.52. The van der Waals surface area contributed by atoms with E-state index in [1.54, 1.807) is 0 Å². The van der Waals surface area contributed by atoms with Crippen LogP contribution in [0.4, 0.5) is 0 Å². The Hall–Kier alpha value is -1.88. The molecule has 0 saturated heterocycles. The second kappa shape index (κ2) is 15.2. The van der Waals surface area contributed by atoms with Gasteiger partial charge in [0.05, 0.1) is 26.7 Å². The average molecular weight is 380 g/mol. The number of quaternary nitrogens is 1. The van der Waals surface area contributed by atoms with Crippen LogP contribution >= 0.6 is 0 Å². The number of Topliss-reactive ketones (excluding diaryl/α,β-unsaturated/α-hetero) is 1. The predicted octanol–water partition coefficient (Wildman–Crippen LogP) is 3.32. The minimum atomic E-state index is -1.28. The van der Waals surface area contributed by atoms with Crippen LogP contribution in [0.25, 0.3) is 0 Å². The minimum absolute atomic E-state index is 0.0876. The molecule has 5 nitrogen and oxygen atoms in total. The summed E-state index contributed by atoms with van der Waals surface area (Å²) in [5, 5.41) is 20.3. The first-order chi connectivity index (χ1) is 12.8. The number of hydrogen-bond donors (Lipinski definition) is 2. The van der Waals surface area contributed by atoms with Gasteiger partial charge in [0.15, 0.2) is 5.78 Å². The largest absolute Gasteiger partial charge is 0.872 e. The van der Waals surface area contributed by atoms with Gasteiger partial charge in [-0.25, -0.2) is 4.79 Å². The van der Waals surface area contributed by atoms with Gasteiger partial charge in [0.25, 0.3) is 0 Å². The number of ketones is 1. The molecule has 0 atom stereocenters. The Labute approximate surface area is 164 Å². The van der Waals surface area contributed by atoms with Crippen molar-refractivity contribution >= 4 is 11.8 Å². The van der Waals surface area contributed by atoms with Crippen LogP contribution in [0.3, 0.4) is 0 Å². The smallest absolute Gasteiger partial charge is 0.335 e. The molecule has 0 heterocycles. The fourth-order valence-corrected chi connectivity index (χ4v) is 2.61. The number of aromatic carboxylic acids is 1. The van der Waals surface area contributed by atoms with Crippen molar-refractivity contribution in [2.75, 3.05) is 21.1 Å². The first-order valence-electron chi connectivity index (χ1n) is 10.1. The lowest BCUT2D eigenvalue weighted by Crippen LogP contribution is -3.02. The minimum Gasteiger partial charge on any atom is -0.872 e. The molecule has 0 spiro atoms. The molecule has 0 aliphatic carbocycles. The molecule has 0 aliphatic heterocycles. The van der Waals surface area contributed by atoms with Gasteiger partial charge in [-0.15, -0.1) is 0 Å². The maximum Gasteiger partial charge on any atom is 0.335 e. The van der Waals surface area contributed by atoms with E-state index < -0.39 is 11.7 Å². The Balaban J connectivity index is 0.00000153. The number of carboxylic acid groups (broad SMARTS) is 1. The summed E-state index contributed by atoms with van der Waals surface area (Å²) in [6, 6.07) is 3.78.